The molecule has 0 heterocycles. The van der Waals surface area contributed by atoms with Gasteiger partial charge in [-0.1, -0.05) is 29.3 Å². The van der Waals surface area contributed by atoms with Crippen LogP contribution in [-0.4, -0.2) is 15.0 Å². The van der Waals surface area contributed by atoms with Crippen LogP contribution in [0.1, 0.15) is 0 Å². The van der Waals surface area contributed by atoms with E-state index >= 15 is 0 Å². The fourth-order valence-electron chi connectivity index (χ4n) is 1.94. The highest BCUT2D eigenvalue weighted by Gasteiger charge is 2.16. The van der Waals surface area contributed by atoms with Crippen molar-refractivity contribution in [2.45, 2.75) is 0 Å². The van der Waals surface area contributed by atoms with E-state index in [-0.39, 0.29) is 5.82 Å². The Morgan fingerprint density at radius 2 is 1.78 bits per heavy atom. The molecule has 2 rings (SSSR count). The van der Waals surface area contributed by atoms with Crippen molar-refractivity contribution in [3.8, 4) is 16.9 Å². The molecule has 0 aromatic heterocycles. The third-order valence-corrected chi connectivity index (χ3v) is 3.31. The summed E-state index contributed by atoms with van der Waals surface area (Å²) >= 11 is 12.3. The Hall–Kier alpha value is -1.19. The number of methoxy groups -OCH3 is 1. The van der Waals surface area contributed by atoms with Crippen molar-refractivity contribution >= 4 is 36.5 Å². The van der Waals surface area contributed by atoms with Gasteiger partial charge < -0.3 is 4.74 Å². The summed E-state index contributed by atoms with van der Waals surface area (Å²) in [6.45, 7) is 0. The summed E-state index contributed by atoms with van der Waals surface area (Å²) in [5.74, 6) is 0.227. The zero-order valence-corrected chi connectivity index (χ0v) is 11.4. The van der Waals surface area contributed by atoms with E-state index in [1.165, 1.54) is 19.2 Å². The van der Waals surface area contributed by atoms with Crippen LogP contribution in [0.5, 0.6) is 5.75 Å². The SMILES string of the molecule is Bc1cc(F)cc(-c2c(Cl)cccc2Cl)c1OC. The third-order valence-electron chi connectivity index (χ3n) is 2.68. The molecule has 0 saturated heterocycles. The van der Waals surface area contributed by atoms with E-state index in [0.29, 0.717) is 32.4 Å². The first kappa shape index (κ1) is 13.3. The molecule has 2 aromatic carbocycles. The van der Waals surface area contributed by atoms with Crippen LogP contribution in [-0.2, 0) is 0 Å². The lowest BCUT2D eigenvalue weighted by Crippen LogP contribution is -2.09. The van der Waals surface area contributed by atoms with Gasteiger partial charge in [0.2, 0.25) is 0 Å². The fourth-order valence-corrected chi connectivity index (χ4v) is 2.54. The van der Waals surface area contributed by atoms with Crippen LogP contribution in [0.15, 0.2) is 30.3 Å². The summed E-state index contributed by atoms with van der Waals surface area (Å²) in [5, 5.41) is 0.927. The van der Waals surface area contributed by atoms with Crippen LogP contribution >= 0.6 is 23.2 Å². The first-order valence-corrected chi connectivity index (χ1v) is 6.08. The molecule has 0 aliphatic carbocycles. The molecule has 0 unspecified atom stereocenters. The van der Waals surface area contributed by atoms with E-state index in [1.807, 2.05) is 0 Å². The zero-order chi connectivity index (χ0) is 13.3. The molecular weight excluding hydrogens is 273 g/mol. The molecule has 0 atom stereocenters. The summed E-state index contributed by atoms with van der Waals surface area (Å²) in [5.41, 5.74) is 1.84. The molecule has 5 heteroatoms. The summed E-state index contributed by atoms with van der Waals surface area (Å²) < 4.78 is 18.9. The average Bonchev–Trinajstić information content (AvgIpc) is 2.28. The zero-order valence-electron chi connectivity index (χ0n) is 9.93. The average molecular weight is 283 g/mol. The Bertz CT molecular complexity index is 582. The molecule has 0 bridgehead atoms. The van der Waals surface area contributed by atoms with Gasteiger partial charge in [-0.2, -0.15) is 0 Å². The van der Waals surface area contributed by atoms with Gasteiger partial charge in [0.1, 0.15) is 19.4 Å². The van der Waals surface area contributed by atoms with Gasteiger partial charge in [0.15, 0.2) is 0 Å². The van der Waals surface area contributed by atoms with Crippen molar-refractivity contribution < 1.29 is 9.13 Å². The van der Waals surface area contributed by atoms with Gasteiger partial charge in [-0.15, -0.1) is 0 Å². The summed E-state index contributed by atoms with van der Waals surface area (Å²) in [7, 11) is 3.31. The van der Waals surface area contributed by atoms with Crippen LogP contribution in [0, 0.1) is 5.82 Å². The first-order valence-electron chi connectivity index (χ1n) is 5.33. The van der Waals surface area contributed by atoms with Gasteiger partial charge in [-0.05, 0) is 29.7 Å². The summed E-state index contributed by atoms with van der Waals surface area (Å²) in [4.78, 5) is 0. The van der Waals surface area contributed by atoms with Crippen LogP contribution in [0.3, 0.4) is 0 Å². The highest BCUT2D eigenvalue weighted by Crippen LogP contribution is 2.39. The largest absolute Gasteiger partial charge is 0.497 e. The second-order valence-electron chi connectivity index (χ2n) is 3.90. The monoisotopic (exact) mass is 282 g/mol. The molecule has 0 aliphatic heterocycles. The summed E-state index contributed by atoms with van der Waals surface area (Å²) in [6.07, 6.45) is 0. The molecule has 0 spiro atoms. The highest BCUT2D eigenvalue weighted by atomic mass is 35.5. The Morgan fingerprint density at radius 3 is 2.33 bits per heavy atom. The van der Waals surface area contributed by atoms with Crippen molar-refractivity contribution in [2.75, 3.05) is 7.11 Å². The van der Waals surface area contributed by atoms with E-state index in [0.717, 1.165) is 0 Å². The van der Waals surface area contributed by atoms with Crippen molar-refractivity contribution in [1.82, 2.24) is 0 Å². The van der Waals surface area contributed by atoms with E-state index in [4.69, 9.17) is 27.9 Å². The lowest BCUT2D eigenvalue weighted by atomic mass is 9.90. The third kappa shape index (κ3) is 2.33. The van der Waals surface area contributed by atoms with Gasteiger partial charge in [0.05, 0.1) is 17.2 Å². The normalized spacial score (nSPS) is 10.4. The van der Waals surface area contributed by atoms with Crippen molar-refractivity contribution in [2.24, 2.45) is 0 Å². The van der Waals surface area contributed by atoms with Gasteiger partial charge in [0.25, 0.3) is 0 Å². The number of halogens is 3. The molecule has 0 radical (unpaired) electrons. The minimum atomic E-state index is -0.348. The predicted octanol–water partition coefficient (Wildman–Crippen LogP) is 3.07. The molecule has 92 valence electrons. The van der Waals surface area contributed by atoms with Gasteiger partial charge >= 0.3 is 0 Å². The second-order valence-corrected chi connectivity index (χ2v) is 4.71. The maximum Gasteiger partial charge on any atom is 0.144 e. The van der Waals surface area contributed by atoms with Crippen molar-refractivity contribution in [3.05, 3.63) is 46.2 Å². The number of benzene rings is 2. The molecular formula is C13H10BCl2FO. The smallest absolute Gasteiger partial charge is 0.144 e. The minimum absolute atomic E-state index is 0.348. The summed E-state index contributed by atoms with van der Waals surface area (Å²) in [6, 6.07) is 7.95. The van der Waals surface area contributed by atoms with Gasteiger partial charge in [0, 0.05) is 11.1 Å². The Kier molecular flexibility index (Phi) is 3.83. The molecule has 1 nitrogen and oxygen atoms in total. The lowest BCUT2D eigenvalue weighted by molar-refractivity contribution is 0.419. The molecule has 0 saturated carbocycles. The van der Waals surface area contributed by atoms with Crippen LogP contribution in [0.25, 0.3) is 11.1 Å². The number of rotatable bonds is 2. The number of hydrogen-bond acceptors (Lipinski definition) is 1. The number of ether oxygens (including phenoxy) is 1. The Labute approximate surface area is 116 Å². The van der Waals surface area contributed by atoms with E-state index < -0.39 is 0 Å². The van der Waals surface area contributed by atoms with Gasteiger partial charge in [-0.25, -0.2) is 4.39 Å². The van der Waals surface area contributed by atoms with Crippen molar-refractivity contribution in [1.29, 1.82) is 0 Å². The predicted molar refractivity (Wildman–Crippen MR) is 76.6 cm³/mol. The highest BCUT2D eigenvalue weighted by molar-refractivity contribution is 6.40. The van der Waals surface area contributed by atoms with Crippen molar-refractivity contribution in [3.63, 3.8) is 0 Å². The van der Waals surface area contributed by atoms with Crippen LogP contribution < -0.4 is 10.2 Å². The molecule has 0 fully saturated rings. The lowest BCUT2D eigenvalue weighted by Gasteiger charge is -2.14. The first-order chi connectivity index (χ1) is 8.54. The number of hydrogen-bond donors (Lipinski definition) is 0. The maximum absolute atomic E-state index is 13.6. The standard InChI is InChI=1S/C13H10BCl2FO/c1-18-13-8(5-7(17)6-9(13)14)12-10(15)3-2-4-11(12)16/h2-6H,14H2,1H3. The molecule has 0 N–H and O–H groups in total. The Morgan fingerprint density at radius 1 is 1.17 bits per heavy atom. The van der Waals surface area contributed by atoms with E-state index in [9.17, 15) is 4.39 Å². The second kappa shape index (κ2) is 5.21. The van der Waals surface area contributed by atoms with E-state index in [1.54, 1.807) is 26.0 Å². The topological polar surface area (TPSA) is 9.23 Å². The Balaban J connectivity index is 2.78. The molecule has 18 heavy (non-hydrogen) atoms. The fraction of sp³-hybridized carbons (Fsp3) is 0.0769. The molecule has 2 aromatic rings. The van der Waals surface area contributed by atoms with Gasteiger partial charge in [-0.3, -0.25) is 0 Å². The van der Waals surface area contributed by atoms with Crippen LogP contribution in [0.2, 0.25) is 10.0 Å². The minimum Gasteiger partial charge on any atom is -0.497 e. The molecule has 0 aliphatic rings. The van der Waals surface area contributed by atoms with Crippen LogP contribution in [0.4, 0.5) is 4.39 Å². The maximum atomic E-state index is 13.6. The van der Waals surface area contributed by atoms with E-state index in [2.05, 4.69) is 0 Å². The molecule has 0 amide bonds. The quantitative estimate of drug-likeness (QED) is 0.770.